The second-order valence-electron chi connectivity index (χ2n) is 5.25. The van der Waals surface area contributed by atoms with Gasteiger partial charge in [0, 0.05) is 30.2 Å². The summed E-state index contributed by atoms with van der Waals surface area (Å²) in [7, 11) is 0. The third-order valence-corrected chi connectivity index (χ3v) is 3.96. The molecule has 3 heteroatoms. The first-order valence-corrected chi connectivity index (χ1v) is 6.91. The van der Waals surface area contributed by atoms with Crippen LogP contribution in [-0.2, 0) is 6.42 Å². The molecule has 1 aliphatic rings. The number of benzene rings is 2. The van der Waals surface area contributed by atoms with Crippen molar-refractivity contribution in [2.24, 2.45) is 5.73 Å². The SMILES string of the molecule is NCC1Cc2cccc(-c3ccc4[nH]ccc4c3)c2O1. The summed E-state index contributed by atoms with van der Waals surface area (Å²) in [6, 6.07) is 14.9. The van der Waals surface area contributed by atoms with Gasteiger partial charge in [-0.25, -0.2) is 0 Å². The fourth-order valence-corrected chi connectivity index (χ4v) is 2.92. The summed E-state index contributed by atoms with van der Waals surface area (Å²) < 4.78 is 6.00. The lowest BCUT2D eigenvalue weighted by molar-refractivity contribution is 0.242. The molecule has 1 aromatic heterocycles. The predicted molar refractivity (Wildman–Crippen MR) is 80.9 cm³/mol. The maximum atomic E-state index is 6.00. The van der Waals surface area contributed by atoms with E-state index in [0.29, 0.717) is 6.54 Å². The number of ether oxygens (including phenoxy) is 1. The van der Waals surface area contributed by atoms with Gasteiger partial charge in [-0.2, -0.15) is 0 Å². The van der Waals surface area contributed by atoms with Gasteiger partial charge in [0.2, 0.25) is 0 Å². The summed E-state index contributed by atoms with van der Waals surface area (Å²) in [6.45, 7) is 0.560. The molecule has 0 amide bonds. The number of H-pyrrole nitrogens is 1. The molecule has 0 radical (unpaired) electrons. The number of nitrogens with one attached hydrogen (secondary N) is 1. The Morgan fingerprint density at radius 2 is 2.15 bits per heavy atom. The second kappa shape index (κ2) is 4.39. The minimum atomic E-state index is 0.113. The molecule has 2 heterocycles. The van der Waals surface area contributed by atoms with Crippen molar-refractivity contribution >= 4 is 10.9 Å². The highest BCUT2D eigenvalue weighted by Gasteiger charge is 2.24. The molecule has 20 heavy (non-hydrogen) atoms. The Labute approximate surface area is 117 Å². The van der Waals surface area contributed by atoms with Gasteiger partial charge in [0.1, 0.15) is 11.9 Å². The molecule has 0 bridgehead atoms. The number of para-hydroxylation sites is 1. The Kier molecular flexibility index (Phi) is 2.54. The van der Waals surface area contributed by atoms with Gasteiger partial charge >= 0.3 is 0 Å². The maximum absolute atomic E-state index is 6.00. The molecule has 1 atom stereocenters. The third-order valence-electron chi connectivity index (χ3n) is 3.96. The number of nitrogens with two attached hydrogens (primary N) is 1. The number of rotatable bonds is 2. The molecule has 0 saturated carbocycles. The van der Waals surface area contributed by atoms with Crippen molar-refractivity contribution in [2.45, 2.75) is 12.5 Å². The van der Waals surface area contributed by atoms with E-state index in [4.69, 9.17) is 10.5 Å². The first-order chi connectivity index (χ1) is 9.85. The number of fused-ring (bicyclic) bond motifs is 2. The Hall–Kier alpha value is -2.26. The second-order valence-corrected chi connectivity index (χ2v) is 5.25. The Balaban J connectivity index is 1.85. The molecule has 4 rings (SSSR count). The zero-order valence-electron chi connectivity index (χ0n) is 11.1. The molecule has 0 saturated heterocycles. The lowest BCUT2D eigenvalue weighted by Gasteiger charge is -2.11. The van der Waals surface area contributed by atoms with Crippen molar-refractivity contribution in [1.29, 1.82) is 0 Å². The van der Waals surface area contributed by atoms with E-state index in [0.717, 1.165) is 23.3 Å². The van der Waals surface area contributed by atoms with Gasteiger partial charge in [0.25, 0.3) is 0 Å². The van der Waals surface area contributed by atoms with E-state index in [9.17, 15) is 0 Å². The van der Waals surface area contributed by atoms with Crippen LogP contribution in [0.25, 0.3) is 22.0 Å². The van der Waals surface area contributed by atoms with E-state index in [1.165, 1.54) is 16.5 Å². The highest BCUT2D eigenvalue weighted by Crippen LogP contribution is 2.39. The molecule has 1 unspecified atom stereocenters. The van der Waals surface area contributed by atoms with Crippen LogP contribution in [0.15, 0.2) is 48.7 Å². The number of hydrogen-bond acceptors (Lipinski definition) is 2. The predicted octanol–water partition coefficient (Wildman–Crippen LogP) is 3.10. The smallest absolute Gasteiger partial charge is 0.130 e. The average Bonchev–Trinajstić information content (AvgIpc) is 3.11. The standard InChI is InChI=1S/C17H16N2O/c18-10-14-9-13-2-1-3-15(17(13)20-14)11-4-5-16-12(8-11)6-7-19-16/h1-8,14,19H,9-10,18H2. The highest BCUT2D eigenvalue weighted by molar-refractivity contribution is 5.86. The maximum Gasteiger partial charge on any atom is 0.130 e. The van der Waals surface area contributed by atoms with Crippen molar-refractivity contribution < 1.29 is 4.74 Å². The molecule has 2 aromatic carbocycles. The van der Waals surface area contributed by atoms with E-state index >= 15 is 0 Å². The van der Waals surface area contributed by atoms with Crippen molar-refractivity contribution in [3.8, 4) is 16.9 Å². The van der Waals surface area contributed by atoms with Crippen LogP contribution in [0.5, 0.6) is 5.75 Å². The molecule has 3 N–H and O–H groups in total. The largest absolute Gasteiger partial charge is 0.488 e. The van der Waals surface area contributed by atoms with Crippen molar-refractivity contribution in [3.05, 3.63) is 54.2 Å². The van der Waals surface area contributed by atoms with Crippen molar-refractivity contribution in [2.75, 3.05) is 6.54 Å². The van der Waals surface area contributed by atoms with Crippen molar-refractivity contribution in [3.63, 3.8) is 0 Å². The van der Waals surface area contributed by atoms with Crippen LogP contribution >= 0.6 is 0 Å². The number of aromatic nitrogens is 1. The van der Waals surface area contributed by atoms with E-state index < -0.39 is 0 Å². The zero-order chi connectivity index (χ0) is 13.5. The summed E-state index contributed by atoms with van der Waals surface area (Å²) >= 11 is 0. The summed E-state index contributed by atoms with van der Waals surface area (Å²) in [6.07, 6.45) is 2.99. The fraction of sp³-hybridized carbons (Fsp3) is 0.176. The van der Waals surface area contributed by atoms with Gasteiger partial charge in [-0.15, -0.1) is 0 Å². The normalized spacial score (nSPS) is 17.1. The van der Waals surface area contributed by atoms with Crippen molar-refractivity contribution in [1.82, 2.24) is 4.98 Å². The number of aromatic amines is 1. The van der Waals surface area contributed by atoms with Crippen LogP contribution in [0.3, 0.4) is 0 Å². The van der Waals surface area contributed by atoms with E-state index in [1.54, 1.807) is 0 Å². The molecule has 1 aliphatic heterocycles. The Morgan fingerprint density at radius 1 is 1.20 bits per heavy atom. The lowest BCUT2D eigenvalue weighted by atomic mass is 9.99. The first kappa shape index (κ1) is 11.6. The number of hydrogen-bond donors (Lipinski definition) is 2. The molecular weight excluding hydrogens is 248 g/mol. The zero-order valence-corrected chi connectivity index (χ0v) is 11.1. The lowest BCUT2D eigenvalue weighted by Crippen LogP contribution is -2.24. The van der Waals surface area contributed by atoms with Crippen LogP contribution < -0.4 is 10.5 Å². The molecule has 3 aromatic rings. The first-order valence-electron chi connectivity index (χ1n) is 6.91. The molecular formula is C17H16N2O. The molecule has 0 aliphatic carbocycles. The van der Waals surface area contributed by atoms with Gasteiger partial charge in [0.05, 0.1) is 0 Å². The fourth-order valence-electron chi connectivity index (χ4n) is 2.92. The van der Waals surface area contributed by atoms with Crippen LogP contribution in [-0.4, -0.2) is 17.6 Å². The summed E-state index contributed by atoms with van der Waals surface area (Å²) in [5, 5.41) is 1.22. The minimum absolute atomic E-state index is 0.113. The van der Waals surface area contributed by atoms with Gasteiger partial charge in [-0.05, 0) is 34.7 Å². The van der Waals surface area contributed by atoms with Gasteiger partial charge < -0.3 is 15.5 Å². The Bertz CT molecular complexity index is 776. The van der Waals surface area contributed by atoms with Crippen LogP contribution in [0.4, 0.5) is 0 Å². The summed E-state index contributed by atoms with van der Waals surface area (Å²) in [5.41, 5.74) is 10.5. The summed E-state index contributed by atoms with van der Waals surface area (Å²) in [4.78, 5) is 3.22. The highest BCUT2D eigenvalue weighted by atomic mass is 16.5. The summed E-state index contributed by atoms with van der Waals surface area (Å²) in [5.74, 6) is 0.998. The topological polar surface area (TPSA) is 51.0 Å². The van der Waals surface area contributed by atoms with E-state index in [1.807, 2.05) is 6.20 Å². The van der Waals surface area contributed by atoms with E-state index in [2.05, 4.69) is 47.4 Å². The molecule has 100 valence electrons. The average molecular weight is 264 g/mol. The molecule has 0 spiro atoms. The molecule has 0 fully saturated rings. The van der Waals surface area contributed by atoms with Gasteiger partial charge in [0.15, 0.2) is 0 Å². The van der Waals surface area contributed by atoms with Gasteiger partial charge in [-0.1, -0.05) is 24.3 Å². The third kappa shape index (κ3) is 1.71. The van der Waals surface area contributed by atoms with Crippen LogP contribution in [0.2, 0.25) is 0 Å². The van der Waals surface area contributed by atoms with Crippen LogP contribution in [0, 0.1) is 0 Å². The molecule has 3 nitrogen and oxygen atoms in total. The Morgan fingerprint density at radius 3 is 3.05 bits per heavy atom. The van der Waals surface area contributed by atoms with E-state index in [-0.39, 0.29) is 6.10 Å². The quantitative estimate of drug-likeness (QED) is 0.747. The monoisotopic (exact) mass is 264 g/mol. The minimum Gasteiger partial charge on any atom is -0.488 e. The van der Waals surface area contributed by atoms with Crippen LogP contribution in [0.1, 0.15) is 5.56 Å². The van der Waals surface area contributed by atoms with Gasteiger partial charge in [-0.3, -0.25) is 0 Å².